The van der Waals surface area contributed by atoms with E-state index in [1.165, 1.54) is 7.11 Å². The molecule has 0 aliphatic heterocycles. The molecule has 74 valence electrons. The topological polar surface area (TPSA) is 45.2 Å². The Morgan fingerprint density at radius 2 is 2.50 bits per heavy atom. The second-order valence-corrected chi connectivity index (χ2v) is 2.52. The largest absolute Gasteiger partial charge is 0.497 e. The molecule has 0 saturated carbocycles. The monoisotopic (exact) mass is 199 g/mol. The smallest absolute Gasteiger partial charge is 0.119 e. The number of fused-ring (bicyclic) bond motifs is 1. The van der Waals surface area contributed by atoms with Gasteiger partial charge in [-0.15, -0.1) is 0 Å². The molecule has 1 heterocycles. The molecule has 0 amide bonds. The first-order chi connectivity index (χ1) is 9.95. The highest BCUT2D eigenvalue weighted by Gasteiger charge is 2.03. The second kappa shape index (κ2) is 3.72. The first-order valence-corrected chi connectivity index (χ1v) is 3.84. The molecule has 1 aromatic carbocycles. The molecule has 3 heteroatoms. The van der Waals surface area contributed by atoms with Gasteiger partial charge in [0.15, 0.2) is 0 Å². The van der Waals surface area contributed by atoms with E-state index in [1.807, 2.05) is 0 Å². The highest BCUT2D eigenvalue weighted by molar-refractivity contribution is 5.84. The van der Waals surface area contributed by atoms with Gasteiger partial charge in [-0.05, 0) is 30.1 Å². The quantitative estimate of drug-likeness (QED) is 0.790. The molecule has 0 radical (unpaired) electrons. The molecule has 3 nitrogen and oxygen atoms in total. The number of nitrogens with one attached hydrogen (secondary N) is 1. The summed E-state index contributed by atoms with van der Waals surface area (Å²) in [7, 11) is 1.19. The fourth-order valence-corrected chi connectivity index (χ4v) is 1.11. The maximum Gasteiger partial charge on any atom is 0.119 e. The van der Waals surface area contributed by atoms with E-state index in [-0.39, 0.29) is 16.7 Å². The number of hydrogen-bond donors (Lipinski definition) is 2. The van der Waals surface area contributed by atoms with E-state index in [0.717, 1.165) is 0 Å². The maximum atomic E-state index is 9.43. The molecule has 0 saturated heterocycles. The van der Waals surface area contributed by atoms with Gasteiger partial charge in [-0.1, -0.05) is 0 Å². The van der Waals surface area contributed by atoms with Crippen molar-refractivity contribution in [3.05, 3.63) is 29.9 Å². The lowest BCUT2D eigenvalue weighted by Gasteiger charge is -2.00. The van der Waals surface area contributed by atoms with E-state index in [2.05, 4.69) is 4.98 Å². The highest BCUT2D eigenvalue weighted by Crippen LogP contribution is 2.23. The number of benzene rings is 1. The number of hydrogen-bond acceptors (Lipinski definition) is 2. The van der Waals surface area contributed by atoms with Gasteiger partial charge < -0.3 is 14.8 Å². The van der Waals surface area contributed by atoms with Gasteiger partial charge in [0.05, 0.1) is 15.3 Å². The van der Waals surface area contributed by atoms with Gasteiger partial charge in [-0.25, -0.2) is 0 Å². The first-order valence-electron chi connectivity index (χ1n) is 7.84. The van der Waals surface area contributed by atoms with Crippen molar-refractivity contribution < 1.29 is 20.8 Å². The lowest BCUT2D eigenvalue weighted by molar-refractivity contribution is 0.300. The van der Waals surface area contributed by atoms with Crippen LogP contribution in [0.5, 0.6) is 5.75 Å². The Kier molecular flexibility index (Phi) is 0.953. The van der Waals surface area contributed by atoms with Crippen LogP contribution in [0.15, 0.2) is 24.3 Å². The highest BCUT2D eigenvalue weighted by atomic mass is 16.5. The minimum atomic E-state index is -3.31. The Hall–Kier alpha value is -1.48. The zero-order valence-corrected chi connectivity index (χ0v) is 7.36. The van der Waals surface area contributed by atoms with Crippen molar-refractivity contribution in [2.24, 2.45) is 0 Å². The molecule has 2 N–H and O–H groups in total. The van der Waals surface area contributed by atoms with Gasteiger partial charge in [-0.2, -0.15) is 0 Å². The summed E-state index contributed by atoms with van der Waals surface area (Å²) in [4.78, 5) is 2.37. The summed E-state index contributed by atoms with van der Waals surface area (Å²) in [5.74, 6) is -0.285. The lowest BCUT2D eigenvalue weighted by Crippen LogP contribution is -1.88. The van der Waals surface area contributed by atoms with Crippen molar-refractivity contribution in [3.8, 4) is 5.75 Å². The Morgan fingerprint density at radius 1 is 1.64 bits per heavy atom. The number of ether oxygens (including phenoxy) is 1. The van der Waals surface area contributed by atoms with E-state index in [9.17, 15) is 5.11 Å². The zero-order valence-electron chi connectivity index (χ0n) is 15.4. The summed E-state index contributed by atoms with van der Waals surface area (Å²) in [6.07, 6.45) is -3.58. The summed E-state index contributed by atoms with van der Waals surface area (Å²) >= 11 is 0. The van der Waals surface area contributed by atoms with Gasteiger partial charge in [0.1, 0.15) is 5.75 Å². The predicted octanol–water partition coefficient (Wildman–Crippen LogP) is 1.71. The van der Waals surface area contributed by atoms with Gasteiger partial charge in [0.25, 0.3) is 0 Å². The lowest BCUT2D eigenvalue weighted by atomic mass is 10.1. The van der Waals surface area contributed by atoms with Crippen LogP contribution in [0, 0.1) is 0 Å². The van der Waals surface area contributed by atoms with Crippen molar-refractivity contribution in [1.29, 1.82) is 0 Å². The van der Waals surface area contributed by atoms with E-state index in [0.29, 0.717) is 0 Å². The van der Waals surface area contributed by atoms with Crippen LogP contribution in [-0.4, -0.2) is 23.8 Å². The Balaban J connectivity index is 3.00. The summed E-state index contributed by atoms with van der Waals surface area (Å²) in [6.45, 7) is -3.31. The van der Waals surface area contributed by atoms with Crippen molar-refractivity contribution >= 4 is 10.9 Å². The van der Waals surface area contributed by atoms with Crippen LogP contribution in [0.3, 0.4) is 0 Å². The third-order valence-corrected chi connectivity index (χ3v) is 1.74. The fraction of sp³-hybridized carbons (Fsp3) is 0.273. The van der Waals surface area contributed by atoms with Crippen molar-refractivity contribution in [1.82, 2.24) is 4.98 Å². The number of aromatic nitrogens is 1. The first kappa shape index (κ1) is 3.59. The fourth-order valence-electron chi connectivity index (χ4n) is 1.11. The molecule has 2 aromatic rings. The minimum Gasteiger partial charge on any atom is -0.497 e. The number of H-pyrrole nitrogens is 1. The second-order valence-electron chi connectivity index (χ2n) is 2.52. The van der Waals surface area contributed by atoms with Crippen LogP contribution in [0.25, 0.3) is 10.9 Å². The molecule has 1 aromatic heterocycles. The van der Waals surface area contributed by atoms with Gasteiger partial charge in [0.2, 0.25) is 0 Å². The molecule has 0 bridgehead atoms. The van der Waals surface area contributed by atoms with Crippen LogP contribution in [0.2, 0.25) is 0 Å². The molecule has 0 atom stereocenters. The summed E-state index contributed by atoms with van der Waals surface area (Å²) in [5.41, 5.74) is -0.740. The predicted molar refractivity (Wildman–Crippen MR) is 55.6 cm³/mol. The van der Waals surface area contributed by atoms with E-state index in [4.69, 9.17) is 15.7 Å². The molecule has 0 unspecified atom stereocenters. The molecule has 0 fully saturated rings. The van der Waals surface area contributed by atoms with Crippen LogP contribution < -0.4 is 4.74 Å². The van der Waals surface area contributed by atoms with Crippen molar-refractivity contribution in [3.63, 3.8) is 0 Å². The van der Waals surface area contributed by atoms with E-state index >= 15 is 0 Å². The number of aromatic amines is 1. The Labute approximate surface area is 93.6 Å². The van der Waals surface area contributed by atoms with Gasteiger partial charge in [0, 0.05) is 26.4 Å². The number of methoxy groups -OCH3 is 1. The zero-order chi connectivity index (χ0) is 17.0. The molecular formula is C11H13NO2. The Morgan fingerprint density at radius 3 is 3.21 bits per heavy atom. The van der Waals surface area contributed by atoms with Gasteiger partial charge >= 0.3 is 0 Å². The van der Waals surface area contributed by atoms with Crippen LogP contribution in [0.1, 0.15) is 16.5 Å². The third kappa shape index (κ3) is 1.46. The van der Waals surface area contributed by atoms with Crippen molar-refractivity contribution in [2.75, 3.05) is 13.7 Å². The molecule has 2 rings (SSSR count). The van der Waals surface area contributed by atoms with Crippen molar-refractivity contribution in [2.45, 2.75) is 6.37 Å². The number of aliphatic hydroxyl groups is 1. The summed E-state index contributed by atoms with van der Waals surface area (Å²) < 4.78 is 66.3. The third-order valence-electron chi connectivity index (χ3n) is 1.74. The Bertz CT molecular complexity index is 749. The molecular weight excluding hydrogens is 178 g/mol. The van der Waals surface area contributed by atoms with Gasteiger partial charge in [-0.3, -0.25) is 0 Å². The standard InChI is InChI=1S/C11H13NO2/c1-14-9-2-3-11-10(6-9)8(4-5-13)7-12-11/h2-3,6-7,12-13H,4-5H2,1H3/i2D,3D,4D2,5D2,6D,7D. The number of aryl methyl sites for hydroxylation is 1. The summed E-state index contributed by atoms with van der Waals surface area (Å²) in [5, 5.41) is 9.17. The van der Waals surface area contributed by atoms with Crippen LogP contribution >= 0.6 is 0 Å². The molecule has 0 spiro atoms. The molecule has 0 aliphatic rings. The normalized spacial score (nSPS) is 21.0. The van der Waals surface area contributed by atoms with Crippen LogP contribution in [0.4, 0.5) is 0 Å². The maximum absolute atomic E-state index is 9.43. The van der Waals surface area contributed by atoms with E-state index < -0.39 is 42.8 Å². The van der Waals surface area contributed by atoms with E-state index in [1.54, 1.807) is 0 Å². The summed E-state index contributed by atoms with van der Waals surface area (Å²) in [6, 6.07) is -1.26. The molecule has 14 heavy (non-hydrogen) atoms. The number of rotatable bonds is 3. The average Bonchev–Trinajstić information content (AvgIpc) is 2.74. The van der Waals surface area contributed by atoms with Crippen LogP contribution in [-0.2, 0) is 6.37 Å². The molecule has 0 aliphatic carbocycles. The minimum absolute atomic E-state index is 0.149. The SMILES string of the molecule is [2H]c1[nH]c2c([2H])c([2H])c(OC)c([2H])c2c1C([2H])([2H])C([2H])([2H])O. The average molecular weight is 199 g/mol.